The number of halogens is 5. The largest absolute Gasteiger partial charge is 0.507 e. The number of alkyl halides is 3. The van der Waals surface area contributed by atoms with Crippen LogP contribution in [0.4, 0.5) is 18.9 Å². The Kier molecular flexibility index (Phi) is 4.68. The van der Waals surface area contributed by atoms with E-state index < -0.39 is 11.7 Å². The van der Waals surface area contributed by atoms with Gasteiger partial charge in [0, 0.05) is 17.3 Å². The van der Waals surface area contributed by atoms with Crippen LogP contribution in [0.5, 0.6) is 5.75 Å². The van der Waals surface area contributed by atoms with E-state index in [0.29, 0.717) is 4.47 Å². The van der Waals surface area contributed by atoms with Crippen LogP contribution >= 0.6 is 27.5 Å². The number of phenols is 1. The molecule has 0 amide bonds. The molecular weight excluding hydrogens is 371 g/mol. The zero-order valence-corrected chi connectivity index (χ0v) is 12.9. The molecule has 0 aliphatic rings. The SMILES string of the molecule is Oc1ccc(CNc2ccc(Cl)cc2C(F)(F)F)cc1Br. The molecule has 0 unspecified atom stereocenters. The summed E-state index contributed by atoms with van der Waals surface area (Å²) in [5.74, 6) is 0.0706. The second-order valence-corrected chi connectivity index (χ2v) is 5.62. The summed E-state index contributed by atoms with van der Waals surface area (Å²) in [6.07, 6.45) is -4.48. The normalized spacial score (nSPS) is 11.5. The molecule has 0 atom stereocenters. The molecule has 7 heteroatoms. The van der Waals surface area contributed by atoms with Crippen LogP contribution in [0.2, 0.25) is 5.02 Å². The number of anilines is 1. The van der Waals surface area contributed by atoms with E-state index in [2.05, 4.69) is 21.2 Å². The van der Waals surface area contributed by atoms with Crippen molar-refractivity contribution in [1.29, 1.82) is 0 Å². The lowest BCUT2D eigenvalue weighted by Crippen LogP contribution is -2.10. The fourth-order valence-corrected chi connectivity index (χ4v) is 2.36. The van der Waals surface area contributed by atoms with E-state index in [-0.39, 0.29) is 23.0 Å². The van der Waals surface area contributed by atoms with Crippen molar-refractivity contribution in [2.24, 2.45) is 0 Å². The highest BCUT2D eigenvalue weighted by molar-refractivity contribution is 9.10. The molecule has 0 aliphatic carbocycles. The van der Waals surface area contributed by atoms with Gasteiger partial charge in [-0.3, -0.25) is 0 Å². The average Bonchev–Trinajstić information content (AvgIpc) is 2.40. The zero-order chi connectivity index (χ0) is 15.6. The van der Waals surface area contributed by atoms with Gasteiger partial charge < -0.3 is 10.4 Å². The van der Waals surface area contributed by atoms with E-state index in [0.717, 1.165) is 11.6 Å². The Balaban J connectivity index is 2.22. The Morgan fingerprint density at radius 3 is 2.48 bits per heavy atom. The van der Waals surface area contributed by atoms with Gasteiger partial charge in [-0.05, 0) is 51.8 Å². The van der Waals surface area contributed by atoms with Gasteiger partial charge in [-0.1, -0.05) is 17.7 Å². The summed E-state index contributed by atoms with van der Waals surface area (Å²) in [6, 6.07) is 8.29. The Hall–Kier alpha value is -1.40. The molecule has 0 aromatic heterocycles. The van der Waals surface area contributed by atoms with Crippen molar-refractivity contribution in [3.63, 3.8) is 0 Å². The summed E-state index contributed by atoms with van der Waals surface area (Å²) >= 11 is 8.77. The van der Waals surface area contributed by atoms with Crippen molar-refractivity contribution in [3.05, 3.63) is 57.0 Å². The third-order valence-electron chi connectivity index (χ3n) is 2.78. The molecule has 2 aromatic rings. The van der Waals surface area contributed by atoms with Crippen LogP contribution in [0.3, 0.4) is 0 Å². The third-order valence-corrected chi connectivity index (χ3v) is 3.65. The maximum Gasteiger partial charge on any atom is 0.418 e. The summed E-state index contributed by atoms with van der Waals surface area (Å²) in [5, 5.41) is 12.1. The Morgan fingerprint density at radius 2 is 1.86 bits per heavy atom. The Labute approximate surface area is 132 Å². The maximum atomic E-state index is 12.9. The lowest BCUT2D eigenvalue weighted by atomic mass is 10.1. The van der Waals surface area contributed by atoms with E-state index in [4.69, 9.17) is 11.6 Å². The number of hydrogen-bond acceptors (Lipinski definition) is 2. The summed E-state index contributed by atoms with van der Waals surface area (Å²) in [4.78, 5) is 0. The predicted octanol–water partition coefficient (Wildman–Crippen LogP) is 5.44. The number of rotatable bonds is 3. The van der Waals surface area contributed by atoms with Gasteiger partial charge in [0.1, 0.15) is 5.75 Å². The highest BCUT2D eigenvalue weighted by Gasteiger charge is 2.33. The fourth-order valence-electron chi connectivity index (χ4n) is 1.76. The van der Waals surface area contributed by atoms with Crippen LogP contribution in [-0.4, -0.2) is 5.11 Å². The standard InChI is InChI=1S/C14H10BrClF3NO/c15-11-5-8(1-4-13(11)21)7-20-12-3-2-9(16)6-10(12)14(17,18)19/h1-6,20-21H,7H2. The number of phenolic OH excluding ortho intramolecular Hbond substituents is 1. The monoisotopic (exact) mass is 379 g/mol. The van der Waals surface area contributed by atoms with Crippen LogP contribution in [-0.2, 0) is 12.7 Å². The van der Waals surface area contributed by atoms with Crippen LogP contribution in [0, 0.1) is 0 Å². The predicted molar refractivity (Wildman–Crippen MR) is 79.6 cm³/mol. The molecular formula is C14H10BrClF3NO. The summed E-state index contributed by atoms with van der Waals surface area (Å²) in [7, 11) is 0. The first kappa shape index (κ1) is 16.0. The maximum absolute atomic E-state index is 12.9. The first-order valence-corrected chi connectivity index (χ1v) is 7.02. The summed E-state index contributed by atoms with van der Waals surface area (Å²) in [5.41, 5.74) is -0.133. The highest BCUT2D eigenvalue weighted by Crippen LogP contribution is 2.36. The minimum Gasteiger partial charge on any atom is -0.507 e. The minimum atomic E-state index is -4.48. The minimum absolute atomic E-state index is 0.0280. The summed E-state index contributed by atoms with van der Waals surface area (Å²) in [6.45, 7) is 0.184. The van der Waals surface area contributed by atoms with Crippen LogP contribution < -0.4 is 5.32 Å². The number of aromatic hydroxyl groups is 1. The van der Waals surface area contributed by atoms with Crippen molar-refractivity contribution in [1.82, 2.24) is 0 Å². The first-order valence-electron chi connectivity index (χ1n) is 5.85. The lowest BCUT2D eigenvalue weighted by molar-refractivity contribution is -0.136. The molecule has 112 valence electrons. The summed E-state index contributed by atoms with van der Waals surface area (Å²) < 4.78 is 39.3. The van der Waals surface area contributed by atoms with E-state index in [1.807, 2.05) is 0 Å². The van der Waals surface area contributed by atoms with Gasteiger partial charge in [0.05, 0.1) is 10.0 Å². The Bertz CT molecular complexity index is 661. The van der Waals surface area contributed by atoms with E-state index in [9.17, 15) is 18.3 Å². The van der Waals surface area contributed by atoms with Gasteiger partial charge in [0.25, 0.3) is 0 Å². The van der Waals surface area contributed by atoms with Crippen LogP contribution in [0.1, 0.15) is 11.1 Å². The van der Waals surface area contributed by atoms with Gasteiger partial charge >= 0.3 is 6.18 Å². The quantitative estimate of drug-likeness (QED) is 0.743. The molecule has 0 bridgehead atoms. The van der Waals surface area contributed by atoms with E-state index >= 15 is 0 Å². The van der Waals surface area contributed by atoms with E-state index in [1.165, 1.54) is 18.2 Å². The van der Waals surface area contributed by atoms with Gasteiger partial charge in [-0.15, -0.1) is 0 Å². The van der Waals surface area contributed by atoms with Gasteiger partial charge in [-0.2, -0.15) is 13.2 Å². The molecule has 2 nitrogen and oxygen atoms in total. The van der Waals surface area contributed by atoms with E-state index in [1.54, 1.807) is 12.1 Å². The topological polar surface area (TPSA) is 32.3 Å². The van der Waals surface area contributed by atoms with Gasteiger partial charge in [0.15, 0.2) is 0 Å². The van der Waals surface area contributed by atoms with Crippen LogP contribution in [0.25, 0.3) is 0 Å². The number of nitrogens with one attached hydrogen (secondary N) is 1. The molecule has 0 aliphatic heterocycles. The number of benzene rings is 2. The van der Waals surface area contributed by atoms with Crippen molar-refractivity contribution >= 4 is 33.2 Å². The highest BCUT2D eigenvalue weighted by atomic mass is 79.9. The molecule has 2 rings (SSSR count). The van der Waals surface area contributed by atoms with Crippen molar-refractivity contribution in [3.8, 4) is 5.75 Å². The van der Waals surface area contributed by atoms with Gasteiger partial charge in [-0.25, -0.2) is 0 Å². The second kappa shape index (κ2) is 6.15. The molecule has 0 saturated heterocycles. The Morgan fingerprint density at radius 1 is 1.14 bits per heavy atom. The second-order valence-electron chi connectivity index (χ2n) is 4.33. The smallest absolute Gasteiger partial charge is 0.418 e. The average molecular weight is 381 g/mol. The third kappa shape index (κ3) is 4.04. The zero-order valence-electron chi connectivity index (χ0n) is 10.5. The molecule has 21 heavy (non-hydrogen) atoms. The van der Waals surface area contributed by atoms with Crippen molar-refractivity contribution < 1.29 is 18.3 Å². The molecule has 0 fully saturated rings. The van der Waals surface area contributed by atoms with Crippen LogP contribution in [0.15, 0.2) is 40.9 Å². The number of hydrogen-bond donors (Lipinski definition) is 2. The molecule has 0 radical (unpaired) electrons. The molecule has 2 aromatic carbocycles. The lowest BCUT2D eigenvalue weighted by Gasteiger charge is -2.15. The molecule has 0 spiro atoms. The fraction of sp³-hybridized carbons (Fsp3) is 0.143. The molecule has 2 N–H and O–H groups in total. The van der Waals surface area contributed by atoms with Crippen molar-refractivity contribution in [2.45, 2.75) is 12.7 Å². The van der Waals surface area contributed by atoms with Gasteiger partial charge in [0.2, 0.25) is 0 Å². The molecule has 0 saturated carbocycles. The molecule has 0 heterocycles. The first-order chi connectivity index (χ1) is 9.77. The van der Waals surface area contributed by atoms with Crippen molar-refractivity contribution in [2.75, 3.05) is 5.32 Å².